The van der Waals surface area contributed by atoms with Gasteiger partial charge in [-0.05, 0) is 42.8 Å². The Kier molecular flexibility index (Phi) is 10.8. The number of hydrogen-bond donors (Lipinski definition) is 4. The normalized spacial score (nSPS) is 11.3. The van der Waals surface area contributed by atoms with Crippen molar-refractivity contribution in [3.8, 4) is 0 Å². The number of carbonyl (C=O) groups excluding carboxylic acids is 2. The van der Waals surface area contributed by atoms with Gasteiger partial charge in [-0.2, -0.15) is 9.67 Å². The number of sulfonamides is 1. The monoisotopic (exact) mass is 594 g/mol. The van der Waals surface area contributed by atoms with Gasteiger partial charge in [0.1, 0.15) is 19.0 Å². The summed E-state index contributed by atoms with van der Waals surface area (Å²) in [6.45, 7) is 0.856. The second-order valence-corrected chi connectivity index (χ2v) is 9.91. The number of rotatable bonds is 15. The van der Waals surface area contributed by atoms with Crippen LogP contribution in [0.3, 0.4) is 0 Å². The van der Waals surface area contributed by atoms with E-state index in [4.69, 9.17) is 25.1 Å². The van der Waals surface area contributed by atoms with Crippen LogP contribution in [0.4, 0.5) is 22.0 Å². The highest BCUT2D eigenvalue weighted by molar-refractivity contribution is 7.90. The van der Waals surface area contributed by atoms with Crippen molar-refractivity contribution in [3.63, 3.8) is 0 Å². The number of benzene rings is 2. The highest BCUT2D eigenvalue weighted by Gasteiger charge is 2.22. The summed E-state index contributed by atoms with van der Waals surface area (Å²) >= 11 is 0. The lowest BCUT2D eigenvalue weighted by Crippen LogP contribution is -2.33. The third-order valence-corrected chi connectivity index (χ3v) is 6.52. The molecule has 0 saturated heterocycles. The molecule has 41 heavy (non-hydrogen) atoms. The van der Waals surface area contributed by atoms with Crippen LogP contribution in [0, 0.1) is 12.7 Å². The molecule has 2 aromatic carbocycles. The molecule has 3 aromatic rings. The van der Waals surface area contributed by atoms with E-state index in [0.29, 0.717) is 11.3 Å². The van der Waals surface area contributed by atoms with E-state index in [0.717, 1.165) is 10.7 Å². The minimum atomic E-state index is -4.21. The molecule has 0 atom stereocenters. The van der Waals surface area contributed by atoms with Crippen molar-refractivity contribution in [1.29, 1.82) is 0 Å². The molecule has 220 valence electrons. The molecule has 0 aliphatic rings. The first-order chi connectivity index (χ1) is 19.5. The zero-order valence-electron chi connectivity index (χ0n) is 21.7. The van der Waals surface area contributed by atoms with E-state index in [1.807, 2.05) is 4.72 Å². The van der Waals surface area contributed by atoms with E-state index in [-0.39, 0.29) is 48.8 Å². The SMILES string of the molecule is Cc1cccc(F)c1C(=O)n1nc(Nc2ccc(S(=O)(=O)NC(=O)COCCOCCOCC(=O)O)cc2)nc1N. The van der Waals surface area contributed by atoms with E-state index in [9.17, 15) is 27.2 Å². The molecule has 0 radical (unpaired) electrons. The third kappa shape index (κ3) is 9.04. The highest BCUT2D eigenvalue weighted by atomic mass is 32.2. The van der Waals surface area contributed by atoms with E-state index < -0.39 is 46.8 Å². The van der Waals surface area contributed by atoms with Gasteiger partial charge in [-0.25, -0.2) is 22.3 Å². The lowest BCUT2D eigenvalue weighted by atomic mass is 10.1. The number of nitrogen functional groups attached to an aromatic ring is 1. The number of carboxylic acids is 1. The standard InChI is InChI=1S/C24H27FN6O9S/c1-15-3-2-4-18(25)21(15)22(35)31-23(26)28-24(29-31)27-16-5-7-17(8-6-16)41(36,37)30-19(32)13-39-11-9-38-10-12-40-14-20(33)34/h2-8H,9-14H2,1H3,(H,30,32)(H,33,34)(H3,26,27,28,29). The Morgan fingerprint density at radius 3 is 2.27 bits per heavy atom. The smallest absolute Gasteiger partial charge is 0.329 e. The Balaban J connectivity index is 1.49. The molecular formula is C24H27FN6O9S. The molecule has 15 nitrogen and oxygen atoms in total. The lowest BCUT2D eigenvalue weighted by Gasteiger charge is -2.09. The quantitative estimate of drug-likeness (QED) is 0.178. The number of aryl methyl sites for hydroxylation is 1. The number of nitrogens with zero attached hydrogens (tertiary/aromatic N) is 3. The van der Waals surface area contributed by atoms with Crippen molar-refractivity contribution in [2.24, 2.45) is 0 Å². The fourth-order valence-corrected chi connectivity index (χ4v) is 4.25. The molecule has 5 N–H and O–H groups in total. The Morgan fingerprint density at radius 1 is 1.00 bits per heavy atom. The number of nitrogens with one attached hydrogen (secondary N) is 2. The van der Waals surface area contributed by atoms with Crippen molar-refractivity contribution >= 4 is 45.4 Å². The first kappa shape index (κ1) is 31.1. The number of halogens is 1. The van der Waals surface area contributed by atoms with Gasteiger partial charge >= 0.3 is 5.97 Å². The van der Waals surface area contributed by atoms with Gasteiger partial charge in [0, 0.05) is 5.69 Å². The van der Waals surface area contributed by atoms with Gasteiger partial charge in [-0.15, -0.1) is 5.10 Å². The first-order valence-electron chi connectivity index (χ1n) is 11.9. The van der Waals surface area contributed by atoms with Crippen molar-refractivity contribution < 1.29 is 46.5 Å². The van der Waals surface area contributed by atoms with Crippen LogP contribution >= 0.6 is 0 Å². The van der Waals surface area contributed by atoms with Gasteiger partial charge in [0.05, 0.1) is 36.9 Å². The van der Waals surface area contributed by atoms with Crippen LogP contribution in [0.1, 0.15) is 15.9 Å². The van der Waals surface area contributed by atoms with Crippen LogP contribution in [-0.4, -0.2) is 85.7 Å². The molecule has 0 aliphatic heterocycles. The largest absolute Gasteiger partial charge is 0.480 e. The molecule has 0 fully saturated rings. The molecule has 0 bridgehead atoms. The van der Waals surface area contributed by atoms with Crippen LogP contribution in [-0.2, 0) is 33.8 Å². The van der Waals surface area contributed by atoms with Crippen molar-refractivity contribution in [1.82, 2.24) is 19.5 Å². The maximum atomic E-state index is 14.2. The molecule has 1 heterocycles. The van der Waals surface area contributed by atoms with Gasteiger partial charge < -0.3 is 30.4 Å². The lowest BCUT2D eigenvalue weighted by molar-refractivity contribution is -0.142. The summed E-state index contributed by atoms with van der Waals surface area (Å²) in [6, 6.07) is 9.34. The number of carbonyl (C=O) groups is 3. The summed E-state index contributed by atoms with van der Waals surface area (Å²) in [7, 11) is -4.21. The van der Waals surface area contributed by atoms with E-state index in [2.05, 4.69) is 15.4 Å². The van der Waals surface area contributed by atoms with Gasteiger partial charge in [-0.1, -0.05) is 12.1 Å². The summed E-state index contributed by atoms with van der Waals surface area (Å²) in [6.07, 6.45) is 0. The van der Waals surface area contributed by atoms with Crippen molar-refractivity contribution in [3.05, 3.63) is 59.4 Å². The molecule has 0 aliphatic carbocycles. The summed E-state index contributed by atoms with van der Waals surface area (Å²) < 4.78 is 56.8. The second-order valence-electron chi connectivity index (χ2n) is 8.23. The molecule has 0 unspecified atom stereocenters. The Morgan fingerprint density at radius 2 is 1.63 bits per heavy atom. The third-order valence-electron chi connectivity index (χ3n) is 5.13. The maximum absolute atomic E-state index is 14.2. The number of ether oxygens (including phenoxy) is 3. The van der Waals surface area contributed by atoms with Gasteiger partial charge in [0.25, 0.3) is 21.8 Å². The molecule has 0 spiro atoms. The predicted octanol–water partition coefficient (Wildman–Crippen LogP) is 0.679. The van der Waals surface area contributed by atoms with Gasteiger partial charge in [0.2, 0.25) is 11.9 Å². The van der Waals surface area contributed by atoms with Crippen molar-refractivity contribution in [2.45, 2.75) is 11.8 Å². The van der Waals surface area contributed by atoms with Crippen LogP contribution in [0.15, 0.2) is 47.4 Å². The number of hydrogen-bond acceptors (Lipinski definition) is 12. The van der Waals surface area contributed by atoms with Gasteiger partial charge in [0.15, 0.2) is 0 Å². The Hall–Kier alpha value is -4.45. The number of aliphatic carboxylic acids is 1. The van der Waals surface area contributed by atoms with Crippen LogP contribution in [0.5, 0.6) is 0 Å². The summed E-state index contributed by atoms with van der Waals surface area (Å²) in [5, 5.41) is 15.2. The predicted molar refractivity (Wildman–Crippen MR) is 140 cm³/mol. The Labute approximate surface area is 233 Å². The zero-order chi connectivity index (χ0) is 30.0. The minimum Gasteiger partial charge on any atom is -0.480 e. The average molecular weight is 595 g/mol. The number of aromatic nitrogens is 3. The number of carboxylic acid groups (broad SMARTS) is 1. The average Bonchev–Trinajstić information content (AvgIpc) is 3.27. The second kappa shape index (κ2) is 14.3. The van der Waals surface area contributed by atoms with Crippen molar-refractivity contribution in [2.75, 3.05) is 50.7 Å². The fraction of sp³-hybridized carbons (Fsp3) is 0.292. The Bertz CT molecular complexity index is 1480. The molecule has 17 heteroatoms. The van der Waals surface area contributed by atoms with E-state index in [1.54, 1.807) is 13.0 Å². The maximum Gasteiger partial charge on any atom is 0.329 e. The summed E-state index contributed by atoms with van der Waals surface area (Å²) in [5.74, 6) is -3.93. The van der Waals surface area contributed by atoms with Gasteiger partial charge in [-0.3, -0.25) is 9.59 Å². The topological polar surface area (TPSA) is 214 Å². The van der Waals surface area contributed by atoms with E-state index in [1.165, 1.54) is 30.3 Å². The molecule has 3 rings (SSSR count). The fourth-order valence-electron chi connectivity index (χ4n) is 3.28. The molecule has 1 amide bonds. The van der Waals surface area contributed by atoms with Crippen LogP contribution in [0.2, 0.25) is 0 Å². The number of amides is 1. The molecular weight excluding hydrogens is 567 g/mol. The summed E-state index contributed by atoms with van der Waals surface area (Å²) in [5.41, 5.74) is 6.31. The van der Waals surface area contributed by atoms with Crippen LogP contribution < -0.4 is 15.8 Å². The first-order valence-corrected chi connectivity index (χ1v) is 13.4. The summed E-state index contributed by atoms with van der Waals surface area (Å²) in [4.78, 5) is 38.8. The minimum absolute atomic E-state index is 0.00737. The van der Waals surface area contributed by atoms with Crippen LogP contribution in [0.25, 0.3) is 0 Å². The van der Waals surface area contributed by atoms with E-state index >= 15 is 0 Å². The zero-order valence-corrected chi connectivity index (χ0v) is 22.5. The molecule has 0 saturated carbocycles. The number of nitrogens with two attached hydrogens (primary N) is 1. The highest BCUT2D eigenvalue weighted by Crippen LogP contribution is 2.20. The molecule has 1 aromatic heterocycles. The number of anilines is 3.